The molecule has 0 heterocycles. The summed E-state index contributed by atoms with van der Waals surface area (Å²) in [6.45, 7) is 7.72. The summed E-state index contributed by atoms with van der Waals surface area (Å²) in [4.78, 5) is 0. The number of nitrogens with one attached hydrogen (secondary N) is 1. The van der Waals surface area contributed by atoms with Crippen molar-refractivity contribution in [3.8, 4) is 0 Å². The van der Waals surface area contributed by atoms with Crippen molar-refractivity contribution in [1.82, 2.24) is 5.32 Å². The van der Waals surface area contributed by atoms with Crippen LogP contribution in [0.5, 0.6) is 0 Å². The number of rotatable bonds is 7. The van der Waals surface area contributed by atoms with Crippen LogP contribution in [0.25, 0.3) is 0 Å². The number of hydrogen-bond donors (Lipinski definition) is 1. The molecule has 0 spiro atoms. The number of hydrogen-bond acceptors (Lipinski definition) is 1. The predicted octanol–water partition coefficient (Wildman–Crippen LogP) is 3.33. The van der Waals surface area contributed by atoms with Crippen LogP contribution < -0.4 is 5.32 Å². The average molecular weight is 169 g/mol. The predicted molar refractivity (Wildman–Crippen MR) is 56.1 cm³/mol. The lowest BCUT2D eigenvalue weighted by atomic mass is 10.1. The van der Waals surface area contributed by atoms with Crippen LogP contribution in [0.4, 0.5) is 0 Å². The minimum Gasteiger partial charge on any atom is -0.391 e. The Morgan fingerprint density at radius 3 is 2.58 bits per heavy atom. The normalized spacial score (nSPS) is 11.3. The van der Waals surface area contributed by atoms with E-state index in [9.17, 15) is 0 Å². The minimum atomic E-state index is 0.864. The van der Waals surface area contributed by atoms with Gasteiger partial charge in [0.2, 0.25) is 0 Å². The Kier molecular flexibility index (Phi) is 8.30. The van der Waals surface area contributed by atoms with E-state index >= 15 is 0 Å². The van der Waals surface area contributed by atoms with Crippen molar-refractivity contribution >= 4 is 0 Å². The fraction of sp³-hybridized carbons (Fsp3) is 0.818. The fourth-order valence-corrected chi connectivity index (χ4v) is 1.10. The summed E-state index contributed by atoms with van der Waals surface area (Å²) < 4.78 is 0. The van der Waals surface area contributed by atoms with Gasteiger partial charge in [-0.25, -0.2) is 0 Å². The van der Waals surface area contributed by atoms with E-state index in [1.165, 1.54) is 25.7 Å². The van der Waals surface area contributed by atoms with Gasteiger partial charge in [-0.1, -0.05) is 32.8 Å². The molecule has 0 atom stereocenters. The Labute approximate surface area is 77.2 Å². The van der Waals surface area contributed by atoms with Crippen LogP contribution in [0.3, 0.4) is 0 Å². The lowest BCUT2D eigenvalue weighted by molar-refractivity contribution is 0.540. The van der Waals surface area contributed by atoms with E-state index in [1.54, 1.807) is 0 Å². The van der Waals surface area contributed by atoms with Crippen LogP contribution in [0.15, 0.2) is 12.3 Å². The molecule has 0 saturated heterocycles. The van der Waals surface area contributed by atoms with Crippen LogP contribution in [0.1, 0.15) is 46.5 Å². The number of allylic oxidation sites excluding steroid dienone is 1. The zero-order valence-corrected chi connectivity index (χ0v) is 8.77. The van der Waals surface area contributed by atoms with Gasteiger partial charge in [0.15, 0.2) is 0 Å². The van der Waals surface area contributed by atoms with Crippen LogP contribution in [-0.4, -0.2) is 6.54 Å². The smallest absolute Gasteiger partial charge is 0.0112 e. The molecule has 0 bridgehead atoms. The second kappa shape index (κ2) is 8.63. The zero-order valence-electron chi connectivity index (χ0n) is 8.77. The average Bonchev–Trinajstić information content (AvgIpc) is 2.02. The first-order valence-electron chi connectivity index (χ1n) is 5.15. The maximum atomic E-state index is 3.17. The summed E-state index contributed by atoms with van der Waals surface area (Å²) in [6, 6.07) is 0. The van der Waals surface area contributed by atoms with Gasteiger partial charge in [0, 0.05) is 6.54 Å². The van der Waals surface area contributed by atoms with E-state index in [2.05, 4.69) is 38.4 Å². The first-order chi connectivity index (χ1) is 5.77. The standard InChI is InChI=1S/C11H23N/c1-4-12-10-8-6-5-7-9-11(2)3/h8,10-12H,4-7,9H2,1-3H3/b10-8-. The topological polar surface area (TPSA) is 12.0 Å². The van der Waals surface area contributed by atoms with E-state index in [4.69, 9.17) is 0 Å². The maximum Gasteiger partial charge on any atom is 0.0112 e. The van der Waals surface area contributed by atoms with Gasteiger partial charge >= 0.3 is 0 Å². The lowest BCUT2D eigenvalue weighted by Crippen LogP contribution is -2.01. The van der Waals surface area contributed by atoms with Gasteiger partial charge in [-0.3, -0.25) is 0 Å². The summed E-state index contributed by atoms with van der Waals surface area (Å²) in [5.41, 5.74) is 0. The molecule has 1 nitrogen and oxygen atoms in total. The molecule has 0 rings (SSSR count). The van der Waals surface area contributed by atoms with Gasteiger partial charge in [0.1, 0.15) is 0 Å². The molecule has 0 aliphatic heterocycles. The fourth-order valence-electron chi connectivity index (χ4n) is 1.10. The summed E-state index contributed by atoms with van der Waals surface area (Å²) in [5.74, 6) is 0.864. The highest BCUT2D eigenvalue weighted by molar-refractivity contribution is 4.78. The Hall–Kier alpha value is -0.460. The Balaban J connectivity index is 3.00. The first-order valence-corrected chi connectivity index (χ1v) is 5.15. The summed E-state index contributed by atoms with van der Waals surface area (Å²) in [7, 11) is 0. The maximum absolute atomic E-state index is 3.17. The highest BCUT2D eigenvalue weighted by Crippen LogP contribution is 2.07. The van der Waals surface area contributed by atoms with Gasteiger partial charge < -0.3 is 5.32 Å². The SMILES string of the molecule is CCN/C=C\CCCCC(C)C. The Bertz CT molecular complexity index is 106. The van der Waals surface area contributed by atoms with Gasteiger partial charge in [-0.2, -0.15) is 0 Å². The van der Waals surface area contributed by atoms with Crippen LogP contribution in [0, 0.1) is 5.92 Å². The lowest BCUT2D eigenvalue weighted by Gasteiger charge is -2.01. The van der Waals surface area contributed by atoms with Crippen LogP contribution >= 0.6 is 0 Å². The molecule has 0 aromatic heterocycles. The summed E-state index contributed by atoms with van der Waals surface area (Å²) >= 11 is 0. The van der Waals surface area contributed by atoms with Crippen molar-refractivity contribution in [2.75, 3.05) is 6.54 Å². The summed E-state index contributed by atoms with van der Waals surface area (Å²) in [5, 5.41) is 3.17. The van der Waals surface area contributed by atoms with Crippen LogP contribution in [-0.2, 0) is 0 Å². The summed E-state index contributed by atoms with van der Waals surface area (Å²) in [6.07, 6.45) is 9.59. The molecule has 0 radical (unpaired) electrons. The van der Waals surface area contributed by atoms with E-state index in [0.717, 1.165) is 12.5 Å². The molecule has 72 valence electrons. The molecule has 0 aromatic carbocycles. The van der Waals surface area contributed by atoms with Gasteiger partial charge in [0.25, 0.3) is 0 Å². The molecule has 0 amide bonds. The van der Waals surface area contributed by atoms with Crippen molar-refractivity contribution in [2.45, 2.75) is 46.5 Å². The highest BCUT2D eigenvalue weighted by atomic mass is 14.8. The van der Waals surface area contributed by atoms with Crippen molar-refractivity contribution in [3.05, 3.63) is 12.3 Å². The van der Waals surface area contributed by atoms with E-state index < -0.39 is 0 Å². The van der Waals surface area contributed by atoms with Crippen molar-refractivity contribution in [1.29, 1.82) is 0 Å². The van der Waals surface area contributed by atoms with Crippen molar-refractivity contribution in [3.63, 3.8) is 0 Å². The molecule has 1 N–H and O–H groups in total. The largest absolute Gasteiger partial charge is 0.391 e. The first kappa shape index (κ1) is 11.5. The molecule has 12 heavy (non-hydrogen) atoms. The molecule has 0 aliphatic carbocycles. The molecule has 0 fully saturated rings. The molecule has 0 unspecified atom stereocenters. The van der Waals surface area contributed by atoms with Crippen LogP contribution in [0.2, 0.25) is 0 Å². The molecule has 0 aromatic rings. The Morgan fingerprint density at radius 2 is 2.00 bits per heavy atom. The molecule has 1 heteroatoms. The quantitative estimate of drug-likeness (QED) is 0.576. The van der Waals surface area contributed by atoms with E-state index in [-0.39, 0.29) is 0 Å². The molecule has 0 aliphatic rings. The van der Waals surface area contributed by atoms with Crippen molar-refractivity contribution < 1.29 is 0 Å². The monoisotopic (exact) mass is 169 g/mol. The second-order valence-electron chi connectivity index (χ2n) is 3.64. The third-order valence-corrected chi connectivity index (χ3v) is 1.84. The second-order valence-corrected chi connectivity index (χ2v) is 3.64. The van der Waals surface area contributed by atoms with Gasteiger partial charge in [0.05, 0.1) is 0 Å². The third kappa shape index (κ3) is 9.54. The Morgan fingerprint density at radius 1 is 1.25 bits per heavy atom. The third-order valence-electron chi connectivity index (χ3n) is 1.84. The van der Waals surface area contributed by atoms with Gasteiger partial charge in [-0.15, -0.1) is 0 Å². The van der Waals surface area contributed by atoms with E-state index in [1.807, 2.05) is 0 Å². The molecular weight excluding hydrogens is 146 g/mol. The van der Waals surface area contributed by atoms with Crippen molar-refractivity contribution in [2.24, 2.45) is 5.92 Å². The number of unbranched alkanes of at least 4 members (excludes halogenated alkanes) is 2. The van der Waals surface area contributed by atoms with E-state index in [0.29, 0.717) is 0 Å². The zero-order chi connectivity index (χ0) is 9.23. The molecular formula is C11H23N. The molecule has 0 saturated carbocycles. The van der Waals surface area contributed by atoms with Gasteiger partial charge in [-0.05, 0) is 31.9 Å². The highest BCUT2D eigenvalue weighted by Gasteiger charge is 1.91. The minimum absolute atomic E-state index is 0.864.